The van der Waals surface area contributed by atoms with Gasteiger partial charge in [-0.05, 0) is 43.6 Å². The predicted molar refractivity (Wildman–Crippen MR) is 139 cm³/mol. The molecule has 5 heterocycles. The highest BCUT2D eigenvalue weighted by molar-refractivity contribution is 5.87. The normalized spacial score (nSPS) is 14.8. The molecular formula is C29H27N7. The van der Waals surface area contributed by atoms with Crippen molar-refractivity contribution in [3.8, 4) is 28.3 Å². The summed E-state index contributed by atoms with van der Waals surface area (Å²) in [5, 5.41) is 18.4. The third kappa shape index (κ3) is 4.28. The van der Waals surface area contributed by atoms with E-state index in [0.29, 0.717) is 11.5 Å². The standard InChI is InChI=1S/C29H27N7/c1-34-19-26(17-32-34)24-13-27(29-25(14-30)16-33-36(29)20-24)23-7-8-28(31-15-23)22-9-11-35(12-10-22)18-21-5-3-2-4-6-21/h2-8,13,15-17,19-20,22H,9-12,18H2,1H3. The molecule has 178 valence electrons. The quantitative estimate of drug-likeness (QED) is 0.357. The molecule has 0 unspecified atom stereocenters. The van der Waals surface area contributed by atoms with Crippen molar-refractivity contribution >= 4 is 5.52 Å². The first kappa shape index (κ1) is 22.2. The van der Waals surface area contributed by atoms with Crippen LogP contribution < -0.4 is 0 Å². The summed E-state index contributed by atoms with van der Waals surface area (Å²) in [6.45, 7) is 3.17. The largest absolute Gasteiger partial charge is 0.299 e. The topological polar surface area (TPSA) is 75.0 Å². The van der Waals surface area contributed by atoms with Gasteiger partial charge in [0.1, 0.15) is 6.07 Å². The first-order valence-corrected chi connectivity index (χ1v) is 12.3. The number of hydrogen-bond donors (Lipinski definition) is 0. The minimum Gasteiger partial charge on any atom is -0.299 e. The molecule has 0 amide bonds. The van der Waals surface area contributed by atoms with E-state index in [0.717, 1.165) is 65.9 Å². The van der Waals surface area contributed by atoms with Crippen LogP contribution in [0.4, 0.5) is 0 Å². The Kier molecular flexibility index (Phi) is 5.80. The summed E-state index contributed by atoms with van der Waals surface area (Å²) in [7, 11) is 1.90. The van der Waals surface area contributed by atoms with Gasteiger partial charge in [-0.25, -0.2) is 4.52 Å². The molecule has 6 rings (SSSR count). The van der Waals surface area contributed by atoms with Crippen molar-refractivity contribution in [3.05, 3.63) is 96.3 Å². The molecule has 5 aromatic rings. The Morgan fingerprint density at radius 2 is 1.75 bits per heavy atom. The second-order valence-electron chi connectivity index (χ2n) is 9.52. The van der Waals surface area contributed by atoms with Crippen LogP contribution in [0.5, 0.6) is 0 Å². The average molecular weight is 474 g/mol. The number of hydrogen-bond acceptors (Lipinski definition) is 5. The smallest absolute Gasteiger partial charge is 0.103 e. The Balaban J connectivity index is 1.25. The molecule has 0 saturated carbocycles. The monoisotopic (exact) mass is 473 g/mol. The molecule has 36 heavy (non-hydrogen) atoms. The van der Waals surface area contributed by atoms with Gasteiger partial charge in [0.05, 0.1) is 23.5 Å². The molecule has 1 aliphatic rings. The maximum absolute atomic E-state index is 9.68. The Morgan fingerprint density at radius 1 is 0.917 bits per heavy atom. The van der Waals surface area contributed by atoms with Crippen LogP contribution in [0.15, 0.2) is 79.5 Å². The number of piperidine rings is 1. The van der Waals surface area contributed by atoms with Gasteiger partial charge in [0.2, 0.25) is 0 Å². The fourth-order valence-corrected chi connectivity index (χ4v) is 5.19. The fraction of sp³-hybridized carbons (Fsp3) is 0.241. The lowest BCUT2D eigenvalue weighted by Gasteiger charge is -2.31. The molecule has 0 atom stereocenters. The fourth-order valence-electron chi connectivity index (χ4n) is 5.19. The highest BCUT2D eigenvalue weighted by Gasteiger charge is 2.22. The summed E-state index contributed by atoms with van der Waals surface area (Å²) in [5.74, 6) is 0.470. The maximum atomic E-state index is 9.68. The van der Waals surface area contributed by atoms with Crippen molar-refractivity contribution in [1.82, 2.24) is 29.3 Å². The minimum atomic E-state index is 0.470. The van der Waals surface area contributed by atoms with Crippen LogP contribution in [0.2, 0.25) is 0 Å². The van der Waals surface area contributed by atoms with Gasteiger partial charge in [0, 0.05) is 66.0 Å². The van der Waals surface area contributed by atoms with Crippen molar-refractivity contribution in [2.75, 3.05) is 13.1 Å². The zero-order valence-electron chi connectivity index (χ0n) is 20.2. The van der Waals surface area contributed by atoms with Crippen molar-refractivity contribution < 1.29 is 0 Å². The van der Waals surface area contributed by atoms with E-state index < -0.39 is 0 Å². The molecular weight excluding hydrogens is 446 g/mol. The molecule has 1 aliphatic heterocycles. The van der Waals surface area contributed by atoms with E-state index in [9.17, 15) is 5.26 Å². The lowest BCUT2D eigenvalue weighted by molar-refractivity contribution is 0.203. The molecule has 1 aromatic carbocycles. The third-order valence-electron chi connectivity index (χ3n) is 7.12. The molecule has 7 heteroatoms. The van der Waals surface area contributed by atoms with Crippen LogP contribution in [0.25, 0.3) is 27.8 Å². The summed E-state index contributed by atoms with van der Waals surface area (Å²) >= 11 is 0. The van der Waals surface area contributed by atoms with Gasteiger partial charge >= 0.3 is 0 Å². The summed E-state index contributed by atoms with van der Waals surface area (Å²) in [4.78, 5) is 7.43. The Hall–Kier alpha value is -4.28. The number of likely N-dealkylation sites (tertiary alicyclic amines) is 1. The zero-order valence-corrected chi connectivity index (χ0v) is 20.2. The van der Waals surface area contributed by atoms with E-state index in [2.05, 4.69) is 69.7 Å². The number of rotatable bonds is 5. The van der Waals surface area contributed by atoms with Gasteiger partial charge < -0.3 is 0 Å². The lowest BCUT2D eigenvalue weighted by atomic mass is 9.92. The average Bonchev–Trinajstić information content (AvgIpc) is 3.55. The SMILES string of the molecule is Cn1cc(-c2cc(-c3ccc(C4CCN(Cc5ccccc5)CC4)nc3)c3c(C#N)cnn3c2)cn1. The highest BCUT2D eigenvalue weighted by atomic mass is 15.2. The maximum Gasteiger partial charge on any atom is 0.103 e. The molecule has 0 spiro atoms. The van der Waals surface area contributed by atoms with Gasteiger partial charge in [0.25, 0.3) is 0 Å². The minimum absolute atomic E-state index is 0.470. The number of aryl methyl sites for hydroxylation is 1. The van der Waals surface area contributed by atoms with E-state index in [4.69, 9.17) is 4.98 Å². The van der Waals surface area contributed by atoms with E-state index in [1.807, 2.05) is 31.8 Å². The number of benzene rings is 1. The van der Waals surface area contributed by atoms with Gasteiger partial charge in [0.15, 0.2) is 0 Å². The van der Waals surface area contributed by atoms with Crippen LogP contribution in [0, 0.1) is 11.3 Å². The number of aromatic nitrogens is 5. The molecule has 0 radical (unpaired) electrons. The van der Waals surface area contributed by atoms with E-state index >= 15 is 0 Å². The van der Waals surface area contributed by atoms with Gasteiger partial charge in [-0.15, -0.1) is 0 Å². The first-order chi connectivity index (χ1) is 17.7. The van der Waals surface area contributed by atoms with Gasteiger partial charge in [-0.3, -0.25) is 14.6 Å². The van der Waals surface area contributed by atoms with Gasteiger partial charge in [-0.1, -0.05) is 36.4 Å². The molecule has 0 aliphatic carbocycles. The van der Waals surface area contributed by atoms with Crippen LogP contribution in [0.1, 0.15) is 35.6 Å². The van der Waals surface area contributed by atoms with Crippen LogP contribution in [-0.4, -0.2) is 42.4 Å². The predicted octanol–water partition coefficient (Wildman–Crippen LogP) is 5.05. The van der Waals surface area contributed by atoms with Crippen molar-refractivity contribution in [3.63, 3.8) is 0 Å². The Bertz CT molecular complexity index is 1530. The molecule has 0 bridgehead atoms. The van der Waals surface area contributed by atoms with Crippen molar-refractivity contribution in [1.29, 1.82) is 5.26 Å². The number of pyridine rings is 2. The molecule has 0 N–H and O–H groups in total. The molecule has 7 nitrogen and oxygen atoms in total. The van der Waals surface area contributed by atoms with E-state index in [1.54, 1.807) is 15.4 Å². The van der Waals surface area contributed by atoms with Crippen LogP contribution in [-0.2, 0) is 13.6 Å². The number of nitrogens with zero attached hydrogens (tertiary/aromatic N) is 7. The summed E-state index contributed by atoms with van der Waals surface area (Å²) in [6, 6.07) is 19.4. The highest BCUT2D eigenvalue weighted by Crippen LogP contribution is 2.33. The first-order valence-electron chi connectivity index (χ1n) is 12.3. The molecule has 1 fully saturated rings. The Labute approximate surface area is 210 Å². The summed E-state index contributed by atoms with van der Waals surface area (Å²) in [5.41, 5.74) is 7.79. The molecule has 4 aromatic heterocycles. The summed E-state index contributed by atoms with van der Waals surface area (Å²) in [6.07, 6.45) is 11.6. The van der Waals surface area contributed by atoms with Crippen molar-refractivity contribution in [2.24, 2.45) is 7.05 Å². The van der Waals surface area contributed by atoms with Crippen LogP contribution in [0.3, 0.4) is 0 Å². The van der Waals surface area contributed by atoms with Gasteiger partial charge in [-0.2, -0.15) is 15.5 Å². The van der Waals surface area contributed by atoms with Crippen molar-refractivity contribution in [2.45, 2.75) is 25.3 Å². The van der Waals surface area contributed by atoms with Crippen LogP contribution >= 0.6 is 0 Å². The zero-order chi connectivity index (χ0) is 24.5. The second-order valence-corrected chi connectivity index (χ2v) is 9.52. The van der Waals surface area contributed by atoms with E-state index in [1.165, 1.54) is 5.56 Å². The Morgan fingerprint density at radius 3 is 2.44 bits per heavy atom. The number of fused-ring (bicyclic) bond motifs is 1. The molecule has 1 saturated heterocycles. The third-order valence-corrected chi connectivity index (χ3v) is 7.12. The lowest BCUT2D eigenvalue weighted by Crippen LogP contribution is -2.32. The second kappa shape index (κ2) is 9.40. The van der Waals surface area contributed by atoms with E-state index in [-0.39, 0.29) is 0 Å². The summed E-state index contributed by atoms with van der Waals surface area (Å²) < 4.78 is 3.57. The number of nitriles is 1.